The maximum Gasteiger partial charge on any atom is 0.194 e. The molecule has 7 heteroatoms. The molecule has 0 spiro atoms. The van der Waals surface area contributed by atoms with Gasteiger partial charge in [0.25, 0.3) is 0 Å². The molecule has 0 radical (unpaired) electrons. The van der Waals surface area contributed by atoms with Gasteiger partial charge in [-0.3, -0.25) is 4.99 Å². The number of nitrogens with one attached hydrogen (secondary N) is 1. The average Bonchev–Trinajstić information content (AvgIpc) is 3.33. The number of halogens is 1. The Bertz CT molecular complexity index is 790. The SMILES string of the molecule is O=S1(=O)CCC(CN=C(NC2CC2)N2CCc3ccc(F)cc3C2)C1. The van der Waals surface area contributed by atoms with E-state index in [1.165, 1.54) is 11.6 Å². The Hall–Kier alpha value is -1.63. The van der Waals surface area contributed by atoms with Crippen molar-refractivity contribution in [2.75, 3.05) is 24.6 Å². The summed E-state index contributed by atoms with van der Waals surface area (Å²) in [5, 5.41) is 3.48. The predicted molar refractivity (Wildman–Crippen MR) is 95.7 cm³/mol. The van der Waals surface area contributed by atoms with Crippen LogP contribution in [0.5, 0.6) is 0 Å². The highest BCUT2D eigenvalue weighted by molar-refractivity contribution is 7.91. The van der Waals surface area contributed by atoms with Crippen molar-refractivity contribution >= 4 is 15.8 Å². The number of guanidine groups is 1. The molecule has 25 heavy (non-hydrogen) atoms. The van der Waals surface area contributed by atoms with Gasteiger partial charge < -0.3 is 10.2 Å². The molecular formula is C18H24FN3O2S. The molecule has 2 heterocycles. The lowest BCUT2D eigenvalue weighted by atomic mass is 10.00. The van der Waals surface area contributed by atoms with Crippen molar-refractivity contribution in [3.8, 4) is 0 Å². The third kappa shape index (κ3) is 4.14. The van der Waals surface area contributed by atoms with Gasteiger partial charge in [-0.25, -0.2) is 12.8 Å². The van der Waals surface area contributed by atoms with E-state index in [9.17, 15) is 12.8 Å². The predicted octanol–water partition coefficient (Wildman–Crippen LogP) is 1.73. The fraction of sp³-hybridized carbons (Fsp3) is 0.611. The van der Waals surface area contributed by atoms with E-state index in [1.807, 2.05) is 6.07 Å². The summed E-state index contributed by atoms with van der Waals surface area (Å²) in [5.74, 6) is 1.30. The lowest BCUT2D eigenvalue weighted by Gasteiger charge is -2.32. The van der Waals surface area contributed by atoms with E-state index in [2.05, 4.69) is 10.2 Å². The molecule has 4 rings (SSSR count). The largest absolute Gasteiger partial charge is 0.353 e. The summed E-state index contributed by atoms with van der Waals surface area (Å²) in [5.41, 5.74) is 2.21. The summed E-state index contributed by atoms with van der Waals surface area (Å²) >= 11 is 0. The zero-order chi connectivity index (χ0) is 17.4. The highest BCUT2D eigenvalue weighted by Crippen LogP contribution is 2.24. The maximum absolute atomic E-state index is 13.5. The first-order valence-corrected chi connectivity index (χ1v) is 10.8. The molecule has 1 saturated heterocycles. The molecule has 1 unspecified atom stereocenters. The smallest absolute Gasteiger partial charge is 0.194 e. The van der Waals surface area contributed by atoms with Crippen molar-refractivity contribution in [1.82, 2.24) is 10.2 Å². The summed E-state index contributed by atoms with van der Waals surface area (Å²) in [7, 11) is -2.87. The minimum absolute atomic E-state index is 0.121. The molecule has 2 fully saturated rings. The van der Waals surface area contributed by atoms with Crippen LogP contribution in [0, 0.1) is 11.7 Å². The van der Waals surface area contributed by atoms with Crippen molar-refractivity contribution < 1.29 is 12.8 Å². The second-order valence-corrected chi connectivity index (χ2v) is 9.67. The molecule has 3 aliphatic rings. The van der Waals surface area contributed by atoms with Gasteiger partial charge in [0, 0.05) is 25.7 Å². The van der Waals surface area contributed by atoms with Gasteiger partial charge in [-0.2, -0.15) is 0 Å². The first-order chi connectivity index (χ1) is 12.0. The molecule has 1 aromatic rings. The van der Waals surface area contributed by atoms with Crippen LogP contribution in [-0.4, -0.2) is 49.9 Å². The van der Waals surface area contributed by atoms with Gasteiger partial charge in [0.05, 0.1) is 11.5 Å². The summed E-state index contributed by atoms with van der Waals surface area (Å²) in [6.07, 6.45) is 3.88. The number of aliphatic imine (C=N–C) groups is 1. The Kier molecular flexibility index (Phi) is 4.43. The Morgan fingerprint density at radius 1 is 1.28 bits per heavy atom. The molecule has 0 bridgehead atoms. The molecular weight excluding hydrogens is 341 g/mol. The molecule has 1 aromatic carbocycles. The molecule has 0 amide bonds. The standard InChI is InChI=1S/C18H24FN3O2S/c19-16-2-1-14-5-7-22(11-15(14)9-16)18(21-17-3-4-17)20-10-13-6-8-25(23,24)12-13/h1-2,9,13,17H,3-8,10-12H2,(H,20,21). The highest BCUT2D eigenvalue weighted by atomic mass is 32.2. The van der Waals surface area contributed by atoms with E-state index in [4.69, 9.17) is 4.99 Å². The van der Waals surface area contributed by atoms with Crippen LogP contribution in [0.4, 0.5) is 4.39 Å². The lowest BCUT2D eigenvalue weighted by molar-refractivity contribution is 0.374. The number of sulfone groups is 1. The van der Waals surface area contributed by atoms with Gasteiger partial charge in [0.1, 0.15) is 5.82 Å². The second kappa shape index (κ2) is 6.59. The Balaban J connectivity index is 1.48. The van der Waals surface area contributed by atoms with E-state index < -0.39 is 9.84 Å². The molecule has 2 aliphatic heterocycles. The molecule has 1 saturated carbocycles. The van der Waals surface area contributed by atoms with Gasteiger partial charge in [-0.05, 0) is 54.9 Å². The molecule has 5 nitrogen and oxygen atoms in total. The van der Waals surface area contributed by atoms with Crippen molar-refractivity contribution in [2.24, 2.45) is 10.9 Å². The number of rotatable bonds is 3. The summed E-state index contributed by atoms with van der Waals surface area (Å²) in [4.78, 5) is 6.91. The number of hydrogen-bond acceptors (Lipinski definition) is 3. The van der Waals surface area contributed by atoms with E-state index in [0.29, 0.717) is 25.6 Å². The highest BCUT2D eigenvalue weighted by Gasteiger charge is 2.30. The van der Waals surface area contributed by atoms with Crippen LogP contribution in [0.1, 0.15) is 30.4 Å². The Morgan fingerprint density at radius 3 is 2.84 bits per heavy atom. The van der Waals surface area contributed by atoms with Gasteiger partial charge >= 0.3 is 0 Å². The Morgan fingerprint density at radius 2 is 2.12 bits per heavy atom. The van der Waals surface area contributed by atoms with Gasteiger partial charge in [-0.1, -0.05) is 6.07 Å². The molecule has 1 aliphatic carbocycles. The Labute approximate surface area is 148 Å². The molecule has 1 atom stereocenters. The summed E-state index contributed by atoms with van der Waals surface area (Å²) in [6.45, 7) is 2.04. The van der Waals surface area contributed by atoms with Crippen LogP contribution in [0.15, 0.2) is 23.2 Å². The summed E-state index contributed by atoms with van der Waals surface area (Å²) in [6, 6.07) is 5.47. The van der Waals surface area contributed by atoms with Crippen LogP contribution in [-0.2, 0) is 22.8 Å². The molecule has 136 valence electrons. The lowest BCUT2D eigenvalue weighted by Crippen LogP contribution is -2.45. The number of nitrogens with zero attached hydrogens (tertiary/aromatic N) is 2. The van der Waals surface area contributed by atoms with Crippen molar-refractivity contribution in [3.63, 3.8) is 0 Å². The number of benzene rings is 1. The van der Waals surface area contributed by atoms with E-state index in [-0.39, 0.29) is 23.2 Å². The fourth-order valence-corrected chi connectivity index (χ4v) is 5.43. The third-order valence-corrected chi connectivity index (χ3v) is 7.05. The molecule has 1 N–H and O–H groups in total. The van der Waals surface area contributed by atoms with Crippen LogP contribution in [0.25, 0.3) is 0 Å². The normalized spacial score (nSPS) is 25.7. The zero-order valence-electron chi connectivity index (χ0n) is 14.2. The second-order valence-electron chi connectivity index (χ2n) is 7.44. The van der Waals surface area contributed by atoms with E-state index >= 15 is 0 Å². The van der Waals surface area contributed by atoms with E-state index in [1.54, 1.807) is 6.07 Å². The minimum Gasteiger partial charge on any atom is -0.353 e. The maximum atomic E-state index is 13.5. The van der Waals surface area contributed by atoms with Crippen LogP contribution < -0.4 is 5.32 Å². The zero-order valence-corrected chi connectivity index (χ0v) is 15.1. The van der Waals surface area contributed by atoms with Gasteiger partial charge in [0.2, 0.25) is 0 Å². The average molecular weight is 365 g/mol. The minimum atomic E-state index is -2.87. The fourth-order valence-electron chi connectivity index (χ4n) is 3.59. The monoisotopic (exact) mass is 365 g/mol. The van der Waals surface area contributed by atoms with Gasteiger partial charge in [-0.15, -0.1) is 0 Å². The van der Waals surface area contributed by atoms with Crippen LogP contribution in [0.3, 0.4) is 0 Å². The van der Waals surface area contributed by atoms with Crippen molar-refractivity contribution in [3.05, 3.63) is 35.1 Å². The summed E-state index contributed by atoms with van der Waals surface area (Å²) < 4.78 is 36.8. The number of hydrogen-bond donors (Lipinski definition) is 1. The quantitative estimate of drug-likeness (QED) is 0.655. The molecule has 0 aromatic heterocycles. The van der Waals surface area contributed by atoms with Crippen LogP contribution >= 0.6 is 0 Å². The van der Waals surface area contributed by atoms with Gasteiger partial charge in [0.15, 0.2) is 15.8 Å². The number of fused-ring (bicyclic) bond motifs is 1. The first kappa shape index (κ1) is 16.8. The van der Waals surface area contributed by atoms with E-state index in [0.717, 1.165) is 37.3 Å². The topological polar surface area (TPSA) is 61.8 Å². The van der Waals surface area contributed by atoms with Crippen molar-refractivity contribution in [1.29, 1.82) is 0 Å². The third-order valence-electron chi connectivity index (χ3n) is 5.22. The van der Waals surface area contributed by atoms with Crippen molar-refractivity contribution in [2.45, 2.75) is 38.3 Å². The first-order valence-electron chi connectivity index (χ1n) is 9.02. The van der Waals surface area contributed by atoms with Crippen LogP contribution in [0.2, 0.25) is 0 Å².